The van der Waals surface area contributed by atoms with E-state index in [1.807, 2.05) is 99.8 Å². The van der Waals surface area contributed by atoms with Crippen LogP contribution < -0.4 is 19.4 Å². The van der Waals surface area contributed by atoms with Crippen LogP contribution in [-0.4, -0.2) is 48.9 Å². The normalized spacial score (nSPS) is 14.1. The molecule has 5 aromatic carbocycles. The molecule has 8 heteroatoms. The van der Waals surface area contributed by atoms with E-state index in [2.05, 4.69) is 117 Å². The number of fused-ring (bicyclic) bond motifs is 3. The number of carbonyl (C=O) groups excluding carboxylic acids is 3. The summed E-state index contributed by atoms with van der Waals surface area (Å²) in [5.74, 6) is 1.03. The van der Waals surface area contributed by atoms with Gasteiger partial charge in [-0.25, -0.2) is 0 Å². The average molecular weight is 955 g/mol. The molecule has 0 radical (unpaired) electrons. The van der Waals surface area contributed by atoms with E-state index >= 15 is 0 Å². The van der Waals surface area contributed by atoms with Gasteiger partial charge >= 0.3 is 0 Å². The number of carbonyl (C=O) groups is 3. The maximum atomic E-state index is 13.1. The second kappa shape index (κ2) is 23.1. The van der Waals surface area contributed by atoms with Crippen LogP contribution in [-0.2, 0) is 32.1 Å². The summed E-state index contributed by atoms with van der Waals surface area (Å²) in [7, 11) is 0. The molecule has 0 N–H and O–H groups in total. The standard InChI is InChI=1S/C22H27NO.C20H24N2O.C20H23NO2.CH4/c1-16-10-11-20-18(13-16)9-6-12-23(20)21(24)19-8-5-7-17(14-19)15-22(2,3)4;1-20(2,3)13-15-6-4-7-16(12-15)19(23)22-11-5-8-17-14-21-10-9-18(17)22;1-20(2,3)14-15-7-6-8-16(13-15)19(22)21-11-12-23-18-10-5-4-9-17(18)21;/h5,7-8,10-11,13-14H,6,9,12,15H2,1-4H3;4,6-7,9-10,12,14H,5,8,11,13H2,1-3H3;4-10,13H,11-12,14H2,1-3H3;1H4. The lowest BCUT2D eigenvalue weighted by atomic mass is 9.87. The van der Waals surface area contributed by atoms with Crippen molar-refractivity contribution >= 4 is 34.8 Å². The molecule has 3 amide bonds. The Bertz CT molecular complexity index is 2670. The molecule has 0 bridgehead atoms. The van der Waals surface area contributed by atoms with Gasteiger partial charge in [-0.3, -0.25) is 19.4 Å². The summed E-state index contributed by atoms with van der Waals surface area (Å²) in [6, 6.07) is 40.2. The lowest BCUT2D eigenvalue weighted by Gasteiger charge is -2.30. The first-order chi connectivity index (χ1) is 33.2. The summed E-state index contributed by atoms with van der Waals surface area (Å²) in [6.07, 6.45) is 10.6. The Morgan fingerprint density at radius 3 is 1.45 bits per heavy atom. The number of aryl methyl sites for hydroxylation is 3. The van der Waals surface area contributed by atoms with Crippen LogP contribution in [0.4, 0.5) is 17.1 Å². The van der Waals surface area contributed by atoms with E-state index in [0.29, 0.717) is 13.2 Å². The summed E-state index contributed by atoms with van der Waals surface area (Å²) in [6.45, 7) is 24.8. The monoisotopic (exact) mass is 955 g/mol. The molecule has 0 fully saturated rings. The highest BCUT2D eigenvalue weighted by Gasteiger charge is 2.27. The fourth-order valence-electron chi connectivity index (χ4n) is 9.70. The van der Waals surface area contributed by atoms with Crippen LogP contribution in [0.1, 0.15) is 147 Å². The number of amides is 3. The van der Waals surface area contributed by atoms with E-state index in [1.54, 1.807) is 6.20 Å². The van der Waals surface area contributed by atoms with Gasteiger partial charge in [0.05, 0.1) is 17.9 Å². The molecule has 6 aromatic rings. The number of nitrogens with zero attached hydrogens (tertiary/aromatic N) is 4. The molecule has 0 saturated carbocycles. The third-order valence-electron chi connectivity index (χ3n) is 12.5. The minimum absolute atomic E-state index is 0. The number of ether oxygens (including phenoxy) is 1. The topological polar surface area (TPSA) is 83.1 Å². The molecule has 4 heterocycles. The number of para-hydroxylation sites is 2. The summed E-state index contributed by atoms with van der Waals surface area (Å²) in [5.41, 5.74) is 13.3. The molecule has 3 aliphatic rings. The molecule has 1 aromatic heterocycles. The molecule has 0 atom stereocenters. The van der Waals surface area contributed by atoms with Crippen molar-refractivity contribution < 1.29 is 19.1 Å². The van der Waals surface area contributed by atoms with Crippen LogP contribution in [0, 0.1) is 23.2 Å². The minimum Gasteiger partial charge on any atom is -0.490 e. The zero-order chi connectivity index (χ0) is 50.2. The zero-order valence-corrected chi connectivity index (χ0v) is 43.4. The van der Waals surface area contributed by atoms with Crippen molar-refractivity contribution in [3.63, 3.8) is 0 Å². The largest absolute Gasteiger partial charge is 0.490 e. The first-order valence-electron chi connectivity index (χ1n) is 25.2. The highest BCUT2D eigenvalue weighted by Crippen LogP contribution is 2.34. The second-order valence-electron chi connectivity index (χ2n) is 22.8. The Kier molecular flexibility index (Phi) is 17.5. The fraction of sp³-hybridized carbons (Fsp3) is 0.397. The smallest absolute Gasteiger partial charge is 0.258 e. The van der Waals surface area contributed by atoms with Gasteiger partial charge in [0.25, 0.3) is 17.7 Å². The molecule has 8 nitrogen and oxygen atoms in total. The molecule has 3 aliphatic heterocycles. The SMILES string of the molecule is C.CC(C)(C)Cc1cccc(C(=O)N2CCCc3cnccc32)c1.CC(C)(C)Cc1cccc(C(=O)N2CCOc3ccccc32)c1.Cc1ccc2c(c1)CCCN2C(=O)c1cccc(CC(C)(C)C)c1. The molecule has 9 rings (SSSR count). The average Bonchev–Trinajstić information content (AvgIpc) is 3.32. The molecular weight excluding hydrogens is 877 g/mol. The van der Waals surface area contributed by atoms with Gasteiger partial charge in [0.1, 0.15) is 12.4 Å². The van der Waals surface area contributed by atoms with Crippen molar-refractivity contribution in [2.24, 2.45) is 16.2 Å². The van der Waals surface area contributed by atoms with E-state index < -0.39 is 0 Å². The summed E-state index contributed by atoms with van der Waals surface area (Å²) < 4.78 is 5.64. The molecule has 374 valence electrons. The third-order valence-corrected chi connectivity index (χ3v) is 12.5. The van der Waals surface area contributed by atoms with Gasteiger partial charge in [-0.1, -0.05) is 136 Å². The third kappa shape index (κ3) is 14.8. The van der Waals surface area contributed by atoms with Crippen LogP contribution in [0.3, 0.4) is 0 Å². The van der Waals surface area contributed by atoms with Gasteiger partial charge in [-0.2, -0.15) is 0 Å². The minimum atomic E-state index is 0. The summed E-state index contributed by atoms with van der Waals surface area (Å²) in [5, 5.41) is 0. The van der Waals surface area contributed by atoms with Gasteiger partial charge in [0.15, 0.2) is 0 Å². The van der Waals surface area contributed by atoms with Crippen LogP contribution in [0.5, 0.6) is 5.75 Å². The van der Waals surface area contributed by atoms with Crippen molar-refractivity contribution in [3.8, 4) is 5.75 Å². The van der Waals surface area contributed by atoms with Crippen molar-refractivity contribution in [1.82, 2.24) is 4.98 Å². The van der Waals surface area contributed by atoms with Gasteiger partial charge in [0.2, 0.25) is 0 Å². The van der Waals surface area contributed by atoms with E-state index in [9.17, 15) is 14.4 Å². The Hall–Kier alpha value is -6.54. The number of hydrogen-bond donors (Lipinski definition) is 0. The van der Waals surface area contributed by atoms with Gasteiger partial charge in [-0.05, 0) is 157 Å². The zero-order valence-electron chi connectivity index (χ0n) is 43.4. The molecular formula is C63H78N4O4. The Morgan fingerprint density at radius 1 is 0.507 bits per heavy atom. The number of pyridine rings is 1. The van der Waals surface area contributed by atoms with Crippen molar-refractivity contribution in [2.45, 2.75) is 122 Å². The molecule has 0 saturated heterocycles. The Balaban J connectivity index is 0.000000173. The number of anilines is 3. The van der Waals surface area contributed by atoms with Gasteiger partial charge in [-0.15, -0.1) is 0 Å². The number of rotatable bonds is 6. The van der Waals surface area contributed by atoms with E-state index in [1.165, 1.54) is 27.8 Å². The van der Waals surface area contributed by atoms with Crippen LogP contribution in [0.25, 0.3) is 0 Å². The lowest BCUT2D eigenvalue weighted by molar-refractivity contribution is 0.0971. The second-order valence-corrected chi connectivity index (χ2v) is 22.8. The summed E-state index contributed by atoms with van der Waals surface area (Å²) >= 11 is 0. The highest BCUT2D eigenvalue weighted by molar-refractivity contribution is 6.08. The lowest BCUT2D eigenvalue weighted by Crippen LogP contribution is -2.37. The van der Waals surface area contributed by atoms with E-state index in [0.717, 1.165) is 103 Å². The predicted molar refractivity (Wildman–Crippen MR) is 295 cm³/mol. The predicted octanol–water partition coefficient (Wildman–Crippen LogP) is 14.4. The van der Waals surface area contributed by atoms with E-state index in [-0.39, 0.29) is 41.4 Å². The molecule has 0 spiro atoms. The van der Waals surface area contributed by atoms with E-state index in [4.69, 9.17) is 4.74 Å². The Labute approximate surface area is 425 Å². The number of hydrogen-bond acceptors (Lipinski definition) is 5. The number of benzene rings is 5. The quantitative estimate of drug-likeness (QED) is 0.166. The first kappa shape index (κ1) is 53.8. The van der Waals surface area contributed by atoms with Gasteiger partial charge < -0.3 is 19.4 Å². The summed E-state index contributed by atoms with van der Waals surface area (Å²) in [4.78, 5) is 48.9. The van der Waals surface area contributed by atoms with Crippen molar-refractivity contribution in [1.29, 1.82) is 0 Å². The molecule has 0 unspecified atom stereocenters. The van der Waals surface area contributed by atoms with Crippen molar-refractivity contribution in [2.75, 3.05) is 40.9 Å². The maximum Gasteiger partial charge on any atom is 0.258 e. The Morgan fingerprint density at radius 2 is 0.958 bits per heavy atom. The van der Waals surface area contributed by atoms with Crippen LogP contribution >= 0.6 is 0 Å². The highest BCUT2D eigenvalue weighted by atomic mass is 16.5. The van der Waals surface area contributed by atoms with Crippen molar-refractivity contribution in [3.05, 3.63) is 184 Å². The van der Waals surface area contributed by atoms with Crippen LogP contribution in [0.15, 0.2) is 134 Å². The first-order valence-corrected chi connectivity index (χ1v) is 25.2. The van der Waals surface area contributed by atoms with Crippen LogP contribution in [0.2, 0.25) is 0 Å². The number of aromatic nitrogens is 1. The van der Waals surface area contributed by atoms with Gasteiger partial charge in [0, 0.05) is 47.9 Å². The molecule has 71 heavy (non-hydrogen) atoms. The molecule has 0 aliphatic carbocycles. The fourth-order valence-corrected chi connectivity index (χ4v) is 9.70. The maximum absolute atomic E-state index is 13.1.